The first kappa shape index (κ1) is 15.4. The lowest BCUT2D eigenvalue weighted by Crippen LogP contribution is -2.46. The summed E-state index contributed by atoms with van der Waals surface area (Å²) in [5, 5.41) is 12.8. The normalized spacial score (nSPS) is 18.8. The number of nitrogens with zero attached hydrogens (tertiary/aromatic N) is 1. The second-order valence-electron chi connectivity index (χ2n) is 5.17. The number of nitrogens with one attached hydrogen (secondary N) is 1. The number of halogens is 1. The van der Waals surface area contributed by atoms with Crippen molar-refractivity contribution < 1.29 is 19.1 Å². The SMILES string of the molecule is CCC1(CC)NC(=O)N(C[C@H](O)c2ccccc2F)C1=O. The molecule has 0 aliphatic carbocycles. The quantitative estimate of drug-likeness (QED) is 0.816. The maximum absolute atomic E-state index is 13.6. The van der Waals surface area contributed by atoms with Crippen molar-refractivity contribution in [2.45, 2.75) is 38.3 Å². The second kappa shape index (κ2) is 5.81. The minimum Gasteiger partial charge on any atom is -0.386 e. The number of rotatable bonds is 5. The van der Waals surface area contributed by atoms with Crippen molar-refractivity contribution in [2.75, 3.05) is 6.54 Å². The van der Waals surface area contributed by atoms with E-state index in [1.807, 2.05) is 13.8 Å². The number of carbonyl (C=O) groups is 2. The lowest BCUT2D eigenvalue weighted by atomic mass is 9.93. The fourth-order valence-electron chi connectivity index (χ4n) is 2.59. The number of imide groups is 1. The standard InChI is InChI=1S/C15H19FN2O3/c1-3-15(4-2)13(20)18(14(21)17-15)9-12(19)10-7-5-6-8-11(10)16/h5-8,12,19H,3-4,9H2,1-2H3,(H,17,21)/t12-/m0/s1. The van der Waals surface area contributed by atoms with Crippen LogP contribution in [-0.2, 0) is 4.79 Å². The molecule has 0 unspecified atom stereocenters. The summed E-state index contributed by atoms with van der Waals surface area (Å²) >= 11 is 0. The third-order valence-electron chi connectivity index (χ3n) is 4.07. The van der Waals surface area contributed by atoms with Crippen molar-refractivity contribution in [3.63, 3.8) is 0 Å². The fourth-order valence-corrected chi connectivity index (χ4v) is 2.59. The van der Waals surface area contributed by atoms with E-state index >= 15 is 0 Å². The summed E-state index contributed by atoms with van der Waals surface area (Å²) in [4.78, 5) is 25.3. The molecule has 0 bridgehead atoms. The van der Waals surface area contributed by atoms with Crippen molar-refractivity contribution in [2.24, 2.45) is 0 Å². The zero-order valence-electron chi connectivity index (χ0n) is 12.1. The van der Waals surface area contributed by atoms with Crippen LogP contribution >= 0.6 is 0 Å². The molecule has 21 heavy (non-hydrogen) atoms. The summed E-state index contributed by atoms with van der Waals surface area (Å²) in [5.41, 5.74) is -0.838. The summed E-state index contributed by atoms with van der Waals surface area (Å²) in [6, 6.07) is 5.23. The van der Waals surface area contributed by atoms with Crippen LogP contribution in [0.4, 0.5) is 9.18 Å². The van der Waals surface area contributed by atoms with Crippen LogP contribution < -0.4 is 5.32 Å². The van der Waals surface area contributed by atoms with Gasteiger partial charge < -0.3 is 10.4 Å². The van der Waals surface area contributed by atoms with E-state index < -0.39 is 23.5 Å². The van der Waals surface area contributed by atoms with Gasteiger partial charge in [0.1, 0.15) is 11.4 Å². The largest absolute Gasteiger partial charge is 0.386 e. The van der Waals surface area contributed by atoms with E-state index in [4.69, 9.17) is 0 Å². The van der Waals surface area contributed by atoms with Crippen molar-refractivity contribution in [1.29, 1.82) is 0 Å². The summed E-state index contributed by atoms with van der Waals surface area (Å²) in [6.07, 6.45) is -0.300. The molecule has 1 aromatic rings. The molecule has 2 N–H and O–H groups in total. The Kier molecular flexibility index (Phi) is 4.27. The first-order valence-corrected chi connectivity index (χ1v) is 7.01. The van der Waals surface area contributed by atoms with Crippen molar-refractivity contribution in [3.8, 4) is 0 Å². The van der Waals surface area contributed by atoms with Gasteiger partial charge in [0.15, 0.2) is 0 Å². The van der Waals surface area contributed by atoms with Crippen LogP contribution in [0, 0.1) is 5.82 Å². The van der Waals surface area contributed by atoms with Gasteiger partial charge in [-0.1, -0.05) is 32.0 Å². The van der Waals surface area contributed by atoms with Crippen LogP contribution in [0.2, 0.25) is 0 Å². The van der Waals surface area contributed by atoms with E-state index in [0.717, 1.165) is 4.90 Å². The number of urea groups is 1. The van der Waals surface area contributed by atoms with Crippen molar-refractivity contribution >= 4 is 11.9 Å². The Morgan fingerprint density at radius 3 is 2.43 bits per heavy atom. The maximum Gasteiger partial charge on any atom is 0.325 e. The van der Waals surface area contributed by atoms with E-state index in [9.17, 15) is 19.1 Å². The number of benzene rings is 1. The highest BCUT2D eigenvalue weighted by Crippen LogP contribution is 2.27. The van der Waals surface area contributed by atoms with Crippen LogP contribution in [0.3, 0.4) is 0 Å². The minimum atomic E-state index is -1.24. The second-order valence-corrected chi connectivity index (χ2v) is 5.17. The Morgan fingerprint density at radius 2 is 1.90 bits per heavy atom. The van der Waals surface area contributed by atoms with Crippen LogP contribution in [-0.4, -0.2) is 34.0 Å². The van der Waals surface area contributed by atoms with E-state index in [0.29, 0.717) is 12.8 Å². The average molecular weight is 294 g/mol. The Hall–Kier alpha value is -1.95. The Balaban J connectivity index is 2.18. The molecule has 1 heterocycles. The number of hydrogen-bond donors (Lipinski definition) is 2. The van der Waals surface area contributed by atoms with Gasteiger partial charge in [0, 0.05) is 5.56 Å². The van der Waals surface area contributed by atoms with E-state index in [-0.39, 0.29) is 18.0 Å². The van der Waals surface area contributed by atoms with Gasteiger partial charge >= 0.3 is 6.03 Å². The van der Waals surface area contributed by atoms with E-state index in [2.05, 4.69) is 5.32 Å². The van der Waals surface area contributed by atoms with Gasteiger partial charge in [-0.3, -0.25) is 9.69 Å². The topological polar surface area (TPSA) is 69.6 Å². The minimum absolute atomic E-state index is 0.0728. The molecule has 1 fully saturated rings. The van der Waals surface area contributed by atoms with Gasteiger partial charge in [0.25, 0.3) is 5.91 Å². The summed E-state index contributed by atoms with van der Waals surface area (Å²) < 4.78 is 13.6. The molecule has 0 saturated carbocycles. The lowest BCUT2D eigenvalue weighted by Gasteiger charge is -2.24. The van der Waals surface area contributed by atoms with Gasteiger partial charge in [-0.05, 0) is 18.9 Å². The molecule has 1 aromatic carbocycles. The molecule has 1 saturated heterocycles. The molecule has 3 amide bonds. The van der Waals surface area contributed by atoms with Gasteiger partial charge in [-0.2, -0.15) is 0 Å². The summed E-state index contributed by atoms with van der Waals surface area (Å²) in [5.74, 6) is -0.929. The fraction of sp³-hybridized carbons (Fsp3) is 0.467. The number of amides is 3. The number of hydrogen-bond acceptors (Lipinski definition) is 3. The monoisotopic (exact) mass is 294 g/mol. The highest BCUT2D eigenvalue weighted by atomic mass is 19.1. The van der Waals surface area contributed by atoms with Gasteiger partial charge in [0.05, 0.1) is 12.6 Å². The zero-order valence-corrected chi connectivity index (χ0v) is 12.1. The van der Waals surface area contributed by atoms with Gasteiger partial charge in [-0.25, -0.2) is 9.18 Å². The molecule has 0 radical (unpaired) electrons. The Morgan fingerprint density at radius 1 is 1.29 bits per heavy atom. The molecule has 1 aliphatic heterocycles. The molecular formula is C15H19FN2O3. The molecule has 0 spiro atoms. The first-order chi connectivity index (χ1) is 9.95. The molecule has 1 aliphatic rings. The third-order valence-corrected chi connectivity index (χ3v) is 4.07. The van der Waals surface area contributed by atoms with Crippen LogP contribution in [0.5, 0.6) is 0 Å². The Bertz CT molecular complexity index is 558. The number of β-amino-alcohol motifs (C(OH)–C–C–N with tert-alkyl or cyclic N) is 1. The highest BCUT2D eigenvalue weighted by molar-refractivity contribution is 6.07. The van der Waals surface area contributed by atoms with Gasteiger partial charge in [-0.15, -0.1) is 0 Å². The van der Waals surface area contributed by atoms with Crippen molar-refractivity contribution in [3.05, 3.63) is 35.6 Å². The molecular weight excluding hydrogens is 275 g/mol. The third kappa shape index (κ3) is 2.63. The maximum atomic E-state index is 13.6. The van der Waals surface area contributed by atoms with E-state index in [1.54, 1.807) is 6.07 Å². The Labute approximate surface area is 122 Å². The van der Waals surface area contributed by atoms with Crippen LogP contribution in [0.15, 0.2) is 24.3 Å². The van der Waals surface area contributed by atoms with Crippen LogP contribution in [0.1, 0.15) is 38.4 Å². The van der Waals surface area contributed by atoms with Gasteiger partial charge in [0.2, 0.25) is 0 Å². The predicted octanol–water partition coefficient (Wildman–Crippen LogP) is 1.97. The number of aliphatic hydroxyl groups excluding tert-OH is 1. The number of carbonyl (C=O) groups excluding carboxylic acids is 2. The molecule has 0 aromatic heterocycles. The highest BCUT2D eigenvalue weighted by Gasteiger charge is 2.49. The molecule has 5 nitrogen and oxygen atoms in total. The average Bonchev–Trinajstić information content (AvgIpc) is 2.72. The molecule has 1 atom stereocenters. The summed E-state index contributed by atoms with van der Waals surface area (Å²) in [6.45, 7) is 3.38. The molecule has 6 heteroatoms. The van der Waals surface area contributed by atoms with E-state index in [1.165, 1.54) is 18.2 Å². The first-order valence-electron chi connectivity index (χ1n) is 7.01. The lowest BCUT2D eigenvalue weighted by molar-refractivity contribution is -0.132. The van der Waals surface area contributed by atoms with Crippen LogP contribution in [0.25, 0.3) is 0 Å². The van der Waals surface area contributed by atoms with Crippen molar-refractivity contribution in [1.82, 2.24) is 10.2 Å². The molecule has 114 valence electrons. The smallest absolute Gasteiger partial charge is 0.325 e. The number of aliphatic hydroxyl groups is 1. The zero-order chi connectivity index (χ0) is 15.6. The molecule has 2 rings (SSSR count). The summed E-state index contributed by atoms with van der Waals surface area (Å²) in [7, 11) is 0. The predicted molar refractivity (Wildman–Crippen MR) is 74.9 cm³/mol.